The number of hydrogen-bond acceptors (Lipinski definition) is 4. The number of carbonyl (C=O) groups is 1. The quantitative estimate of drug-likeness (QED) is 0.882. The Labute approximate surface area is 109 Å². The van der Waals surface area contributed by atoms with Gasteiger partial charge in [-0.3, -0.25) is 0 Å². The van der Waals surface area contributed by atoms with Gasteiger partial charge in [0.1, 0.15) is 5.82 Å². The highest BCUT2D eigenvalue weighted by Gasteiger charge is 2.17. The largest absolute Gasteiger partial charge is 0.478 e. The van der Waals surface area contributed by atoms with Gasteiger partial charge in [-0.2, -0.15) is 11.8 Å². The minimum absolute atomic E-state index is 0.0879. The maximum Gasteiger partial charge on any atom is 0.337 e. The van der Waals surface area contributed by atoms with E-state index in [1.165, 1.54) is 24.4 Å². The van der Waals surface area contributed by atoms with Crippen LogP contribution in [0.5, 0.6) is 0 Å². The molecule has 1 aromatic heterocycles. The lowest BCUT2D eigenvalue weighted by Crippen LogP contribution is -2.15. The van der Waals surface area contributed by atoms with E-state index < -0.39 is 5.97 Å². The summed E-state index contributed by atoms with van der Waals surface area (Å²) in [5.74, 6) is 2.39. The van der Waals surface area contributed by atoms with Crippen molar-refractivity contribution in [3.63, 3.8) is 0 Å². The van der Waals surface area contributed by atoms with Crippen LogP contribution in [-0.2, 0) is 0 Å². The van der Waals surface area contributed by atoms with E-state index in [-0.39, 0.29) is 10.6 Å². The topological polar surface area (TPSA) is 62.2 Å². The molecule has 0 radical (unpaired) electrons. The first-order chi connectivity index (χ1) is 8.18. The lowest BCUT2D eigenvalue weighted by atomic mass is 10.1. The first-order valence-electron chi connectivity index (χ1n) is 5.38. The lowest BCUT2D eigenvalue weighted by Gasteiger charge is -2.12. The molecule has 1 aliphatic rings. The van der Waals surface area contributed by atoms with Crippen LogP contribution in [0.4, 0.5) is 5.82 Å². The van der Waals surface area contributed by atoms with Crippen molar-refractivity contribution in [2.45, 2.75) is 6.42 Å². The zero-order valence-electron chi connectivity index (χ0n) is 9.15. The third kappa shape index (κ3) is 3.04. The van der Waals surface area contributed by atoms with Gasteiger partial charge >= 0.3 is 5.97 Å². The second-order valence-corrected chi connectivity index (χ2v) is 5.46. The van der Waals surface area contributed by atoms with Gasteiger partial charge in [0.05, 0.1) is 10.6 Å². The van der Waals surface area contributed by atoms with Gasteiger partial charge in [0.25, 0.3) is 0 Å². The molecular formula is C11H13ClN2O2S. The Balaban J connectivity index is 2.04. The maximum atomic E-state index is 10.9. The third-order valence-corrected chi connectivity index (χ3v) is 4.32. The number of carboxylic acid groups (broad SMARTS) is 1. The number of aromatic nitrogens is 1. The van der Waals surface area contributed by atoms with Crippen LogP contribution in [0.3, 0.4) is 0 Å². The molecule has 1 saturated heterocycles. The van der Waals surface area contributed by atoms with Crippen molar-refractivity contribution in [3.8, 4) is 0 Å². The van der Waals surface area contributed by atoms with Crippen LogP contribution in [0.2, 0.25) is 5.02 Å². The summed E-state index contributed by atoms with van der Waals surface area (Å²) in [5.41, 5.74) is 0.0879. The summed E-state index contributed by atoms with van der Waals surface area (Å²) in [7, 11) is 0. The summed E-state index contributed by atoms with van der Waals surface area (Å²) in [6, 6.07) is 1.40. The number of nitrogens with zero attached hydrogens (tertiary/aromatic N) is 1. The summed E-state index contributed by atoms with van der Waals surface area (Å²) >= 11 is 7.92. The fourth-order valence-electron chi connectivity index (χ4n) is 1.72. The minimum Gasteiger partial charge on any atom is -0.478 e. The number of aromatic carboxylic acids is 1. The number of rotatable bonds is 4. The minimum atomic E-state index is -1.03. The Morgan fingerprint density at radius 2 is 2.53 bits per heavy atom. The fourth-order valence-corrected chi connectivity index (χ4v) is 3.26. The summed E-state index contributed by atoms with van der Waals surface area (Å²) < 4.78 is 0. The molecule has 2 heterocycles. The first-order valence-corrected chi connectivity index (χ1v) is 6.91. The molecule has 2 N–H and O–H groups in total. The van der Waals surface area contributed by atoms with Gasteiger partial charge in [-0.25, -0.2) is 9.78 Å². The number of nitrogens with one attached hydrogen (secondary N) is 1. The molecule has 0 bridgehead atoms. The number of pyridine rings is 1. The molecular weight excluding hydrogens is 260 g/mol. The molecule has 2 rings (SSSR count). The summed E-state index contributed by atoms with van der Waals surface area (Å²) in [6.07, 6.45) is 2.65. The number of carboxylic acids is 1. The Morgan fingerprint density at radius 3 is 3.18 bits per heavy atom. The van der Waals surface area contributed by atoms with E-state index in [9.17, 15) is 4.79 Å². The van der Waals surface area contributed by atoms with Crippen molar-refractivity contribution in [2.24, 2.45) is 5.92 Å². The number of halogens is 1. The predicted molar refractivity (Wildman–Crippen MR) is 70.1 cm³/mol. The lowest BCUT2D eigenvalue weighted by molar-refractivity contribution is 0.0697. The number of anilines is 1. The van der Waals surface area contributed by atoms with E-state index in [1.54, 1.807) is 0 Å². The van der Waals surface area contributed by atoms with E-state index in [0.717, 1.165) is 12.3 Å². The summed E-state index contributed by atoms with van der Waals surface area (Å²) in [6.45, 7) is 0.794. The van der Waals surface area contributed by atoms with E-state index >= 15 is 0 Å². The highest BCUT2D eigenvalue weighted by atomic mass is 35.5. The van der Waals surface area contributed by atoms with E-state index in [2.05, 4.69) is 10.3 Å². The van der Waals surface area contributed by atoms with E-state index in [4.69, 9.17) is 16.7 Å². The zero-order chi connectivity index (χ0) is 12.3. The molecule has 4 nitrogen and oxygen atoms in total. The Hall–Kier alpha value is -0.940. The number of thioether (sulfide) groups is 1. The van der Waals surface area contributed by atoms with Gasteiger partial charge in [0.2, 0.25) is 0 Å². The van der Waals surface area contributed by atoms with Crippen molar-refractivity contribution >= 4 is 35.1 Å². The van der Waals surface area contributed by atoms with Crippen LogP contribution in [0.1, 0.15) is 16.8 Å². The zero-order valence-corrected chi connectivity index (χ0v) is 10.7. The molecule has 0 saturated carbocycles. The molecule has 6 heteroatoms. The van der Waals surface area contributed by atoms with Crippen LogP contribution < -0.4 is 5.32 Å². The molecule has 0 aromatic carbocycles. The van der Waals surface area contributed by atoms with Crippen LogP contribution in [0.25, 0.3) is 0 Å². The maximum absolute atomic E-state index is 10.9. The first kappa shape index (κ1) is 12.5. The average molecular weight is 273 g/mol. The van der Waals surface area contributed by atoms with Gasteiger partial charge in [0.15, 0.2) is 0 Å². The number of hydrogen-bond donors (Lipinski definition) is 2. The standard InChI is InChI=1S/C11H13ClN2O2S/c12-9-8(11(15)16)1-3-13-10(9)14-5-7-2-4-17-6-7/h1,3,7H,2,4-6H2,(H,13,14)(H,15,16). The van der Waals surface area contributed by atoms with Crippen LogP contribution in [0, 0.1) is 5.92 Å². The third-order valence-electron chi connectivity index (χ3n) is 2.70. The highest BCUT2D eigenvalue weighted by molar-refractivity contribution is 7.99. The molecule has 1 aliphatic heterocycles. The van der Waals surface area contributed by atoms with E-state index in [1.807, 2.05) is 11.8 Å². The fraction of sp³-hybridized carbons (Fsp3) is 0.455. The normalized spacial score (nSPS) is 19.2. The highest BCUT2D eigenvalue weighted by Crippen LogP contribution is 2.26. The van der Waals surface area contributed by atoms with Crippen LogP contribution >= 0.6 is 23.4 Å². The summed E-state index contributed by atoms with van der Waals surface area (Å²) in [4.78, 5) is 15.0. The molecule has 17 heavy (non-hydrogen) atoms. The second-order valence-electron chi connectivity index (χ2n) is 3.94. The predicted octanol–water partition coefficient (Wildman–Crippen LogP) is 2.60. The van der Waals surface area contributed by atoms with Gasteiger partial charge in [-0.1, -0.05) is 11.6 Å². The van der Waals surface area contributed by atoms with Crippen LogP contribution in [-0.4, -0.2) is 34.1 Å². The molecule has 0 aliphatic carbocycles. The Bertz CT molecular complexity index is 422. The van der Waals surface area contributed by atoms with Gasteiger partial charge in [-0.15, -0.1) is 0 Å². The smallest absolute Gasteiger partial charge is 0.337 e. The van der Waals surface area contributed by atoms with Gasteiger partial charge in [0, 0.05) is 12.7 Å². The Morgan fingerprint density at radius 1 is 1.71 bits per heavy atom. The molecule has 1 atom stereocenters. The van der Waals surface area contributed by atoms with Gasteiger partial charge in [-0.05, 0) is 29.9 Å². The Kier molecular flexibility index (Phi) is 4.12. The van der Waals surface area contributed by atoms with Crippen molar-refractivity contribution in [1.82, 2.24) is 4.98 Å². The average Bonchev–Trinajstić information content (AvgIpc) is 2.80. The van der Waals surface area contributed by atoms with Crippen molar-refractivity contribution < 1.29 is 9.90 Å². The monoisotopic (exact) mass is 272 g/mol. The molecule has 92 valence electrons. The molecule has 1 unspecified atom stereocenters. The molecule has 1 fully saturated rings. The van der Waals surface area contributed by atoms with Crippen molar-refractivity contribution in [1.29, 1.82) is 0 Å². The molecule has 0 spiro atoms. The SMILES string of the molecule is O=C(O)c1ccnc(NCC2CCSC2)c1Cl. The molecule has 0 amide bonds. The molecule has 1 aromatic rings. The van der Waals surface area contributed by atoms with E-state index in [0.29, 0.717) is 11.7 Å². The van der Waals surface area contributed by atoms with Crippen LogP contribution in [0.15, 0.2) is 12.3 Å². The summed E-state index contributed by atoms with van der Waals surface area (Å²) in [5, 5.41) is 12.2. The van der Waals surface area contributed by atoms with Crippen molar-refractivity contribution in [3.05, 3.63) is 22.8 Å². The second kappa shape index (κ2) is 5.60. The van der Waals surface area contributed by atoms with Crippen molar-refractivity contribution in [2.75, 3.05) is 23.4 Å². The van der Waals surface area contributed by atoms with Gasteiger partial charge < -0.3 is 10.4 Å².